The maximum atomic E-state index is 5.56. The lowest BCUT2D eigenvalue weighted by Crippen LogP contribution is -2.10. The Hall–Kier alpha value is -0.120. The van der Waals surface area contributed by atoms with Gasteiger partial charge in [-0.2, -0.15) is 0 Å². The molecule has 134 valence electrons. The normalized spacial score (nSPS) is 11.2. The van der Waals surface area contributed by atoms with Gasteiger partial charge in [0.25, 0.3) is 0 Å². The van der Waals surface area contributed by atoms with E-state index in [1.165, 1.54) is 70.6 Å². The van der Waals surface area contributed by atoms with Crippen LogP contribution in [-0.2, 0) is 14.2 Å². The Morgan fingerprint density at radius 3 is 1.09 bits per heavy atom. The lowest BCUT2D eigenvalue weighted by atomic mass is 10.1. The molecule has 3 heteroatoms. The highest BCUT2D eigenvalue weighted by Gasteiger charge is 1.94. The van der Waals surface area contributed by atoms with Gasteiger partial charge in [0.2, 0.25) is 0 Å². The van der Waals surface area contributed by atoms with E-state index in [0.717, 1.165) is 13.2 Å². The average Bonchev–Trinajstić information content (AvgIpc) is 2.54. The van der Waals surface area contributed by atoms with Crippen LogP contribution in [0.2, 0.25) is 0 Å². The molecule has 0 aliphatic rings. The molecule has 0 amide bonds. The first-order valence-electron chi connectivity index (χ1n) is 9.65. The number of ether oxygens (including phenoxy) is 3. The van der Waals surface area contributed by atoms with E-state index in [1.54, 1.807) is 0 Å². The van der Waals surface area contributed by atoms with Crippen molar-refractivity contribution in [2.45, 2.75) is 84.5 Å². The average molecular weight is 317 g/mol. The van der Waals surface area contributed by atoms with Gasteiger partial charge < -0.3 is 14.2 Å². The largest absolute Gasteiger partial charge is 0.379 e. The quantitative estimate of drug-likeness (QED) is 0.300. The first-order valence-corrected chi connectivity index (χ1v) is 9.65. The SMILES string of the molecule is CCCCCCCCOCCOCCOCCCCCCC. The van der Waals surface area contributed by atoms with Crippen LogP contribution in [0.25, 0.3) is 0 Å². The number of unbranched alkanes of at least 4 members (excludes halogenated alkanes) is 9. The molecule has 0 radical (unpaired) electrons. The second-order valence-electron chi connectivity index (χ2n) is 6.02. The Bertz CT molecular complexity index is 166. The Labute approximate surface area is 139 Å². The zero-order valence-electron chi connectivity index (χ0n) is 15.2. The van der Waals surface area contributed by atoms with Crippen LogP contribution in [0.5, 0.6) is 0 Å². The highest BCUT2D eigenvalue weighted by Crippen LogP contribution is 2.04. The standard InChI is InChI=1S/C19H40O3/c1-3-5-7-9-11-13-15-21-17-19-22-18-16-20-14-12-10-8-6-4-2/h3-19H2,1-2H3. The van der Waals surface area contributed by atoms with Crippen molar-refractivity contribution in [1.29, 1.82) is 0 Å². The molecule has 0 rings (SSSR count). The monoisotopic (exact) mass is 316 g/mol. The fraction of sp³-hybridized carbons (Fsp3) is 1.00. The predicted molar refractivity (Wildman–Crippen MR) is 94.6 cm³/mol. The lowest BCUT2D eigenvalue weighted by Gasteiger charge is -2.07. The Morgan fingerprint density at radius 1 is 0.364 bits per heavy atom. The van der Waals surface area contributed by atoms with Crippen molar-refractivity contribution in [2.75, 3.05) is 39.6 Å². The molecule has 0 aromatic heterocycles. The Morgan fingerprint density at radius 2 is 0.682 bits per heavy atom. The highest BCUT2D eigenvalue weighted by molar-refractivity contribution is 4.44. The van der Waals surface area contributed by atoms with Crippen molar-refractivity contribution in [3.8, 4) is 0 Å². The second-order valence-corrected chi connectivity index (χ2v) is 6.02. The minimum absolute atomic E-state index is 0.690. The van der Waals surface area contributed by atoms with Gasteiger partial charge in [0.05, 0.1) is 26.4 Å². The maximum Gasteiger partial charge on any atom is 0.0701 e. The van der Waals surface area contributed by atoms with Crippen LogP contribution in [0, 0.1) is 0 Å². The molecule has 22 heavy (non-hydrogen) atoms. The van der Waals surface area contributed by atoms with E-state index >= 15 is 0 Å². The first kappa shape index (κ1) is 21.9. The van der Waals surface area contributed by atoms with Crippen molar-refractivity contribution in [2.24, 2.45) is 0 Å². The minimum Gasteiger partial charge on any atom is -0.379 e. The number of hydrogen-bond acceptors (Lipinski definition) is 3. The van der Waals surface area contributed by atoms with Gasteiger partial charge >= 0.3 is 0 Å². The molecular formula is C19H40O3. The van der Waals surface area contributed by atoms with Crippen LogP contribution in [0.15, 0.2) is 0 Å². The number of rotatable bonds is 19. The zero-order chi connectivity index (χ0) is 16.1. The molecule has 0 atom stereocenters. The fourth-order valence-corrected chi connectivity index (χ4v) is 2.33. The summed E-state index contributed by atoms with van der Waals surface area (Å²) in [5, 5.41) is 0. The van der Waals surface area contributed by atoms with Crippen LogP contribution in [0.4, 0.5) is 0 Å². The summed E-state index contributed by atoms with van der Waals surface area (Å²) >= 11 is 0. The molecule has 3 nitrogen and oxygen atoms in total. The van der Waals surface area contributed by atoms with Gasteiger partial charge in [-0.15, -0.1) is 0 Å². The third-order valence-electron chi connectivity index (χ3n) is 3.78. The summed E-state index contributed by atoms with van der Waals surface area (Å²) in [6, 6.07) is 0. The minimum atomic E-state index is 0.690. The van der Waals surface area contributed by atoms with Crippen LogP contribution in [-0.4, -0.2) is 39.6 Å². The molecule has 0 aliphatic heterocycles. The molecule has 0 aliphatic carbocycles. The van der Waals surface area contributed by atoms with E-state index in [0.29, 0.717) is 26.4 Å². The topological polar surface area (TPSA) is 27.7 Å². The Kier molecular flexibility index (Phi) is 20.8. The van der Waals surface area contributed by atoms with Crippen molar-refractivity contribution in [3.05, 3.63) is 0 Å². The van der Waals surface area contributed by atoms with Gasteiger partial charge in [-0.05, 0) is 12.8 Å². The predicted octanol–water partition coefficient (Wildman–Crippen LogP) is 5.37. The summed E-state index contributed by atoms with van der Waals surface area (Å²) in [5.74, 6) is 0. The van der Waals surface area contributed by atoms with Crippen molar-refractivity contribution in [1.82, 2.24) is 0 Å². The van der Waals surface area contributed by atoms with E-state index in [-0.39, 0.29) is 0 Å². The Balaban J connectivity index is 2.91. The molecule has 0 heterocycles. The van der Waals surface area contributed by atoms with E-state index < -0.39 is 0 Å². The zero-order valence-corrected chi connectivity index (χ0v) is 15.2. The van der Waals surface area contributed by atoms with Gasteiger partial charge in [0.15, 0.2) is 0 Å². The summed E-state index contributed by atoms with van der Waals surface area (Å²) < 4.78 is 16.6. The van der Waals surface area contributed by atoms with E-state index in [4.69, 9.17) is 14.2 Å². The summed E-state index contributed by atoms with van der Waals surface area (Å²) in [6.45, 7) is 9.06. The van der Waals surface area contributed by atoms with Crippen LogP contribution >= 0.6 is 0 Å². The van der Waals surface area contributed by atoms with Gasteiger partial charge in [0.1, 0.15) is 0 Å². The molecule has 0 saturated heterocycles. The van der Waals surface area contributed by atoms with Crippen molar-refractivity contribution in [3.63, 3.8) is 0 Å². The van der Waals surface area contributed by atoms with E-state index in [2.05, 4.69) is 13.8 Å². The van der Waals surface area contributed by atoms with Crippen LogP contribution in [0.1, 0.15) is 84.5 Å². The second kappa shape index (κ2) is 20.9. The molecule has 0 aromatic carbocycles. The highest BCUT2D eigenvalue weighted by atomic mass is 16.5. The molecule has 0 spiro atoms. The van der Waals surface area contributed by atoms with E-state index in [1.807, 2.05) is 0 Å². The molecule has 0 fully saturated rings. The van der Waals surface area contributed by atoms with Crippen molar-refractivity contribution >= 4 is 0 Å². The summed E-state index contributed by atoms with van der Waals surface area (Å²) in [6.07, 6.45) is 14.4. The third-order valence-corrected chi connectivity index (χ3v) is 3.78. The van der Waals surface area contributed by atoms with Crippen molar-refractivity contribution < 1.29 is 14.2 Å². The first-order chi connectivity index (χ1) is 10.9. The molecule has 0 unspecified atom stereocenters. The fourth-order valence-electron chi connectivity index (χ4n) is 2.33. The van der Waals surface area contributed by atoms with Crippen LogP contribution in [0.3, 0.4) is 0 Å². The summed E-state index contributed by atoms with van der Waals surface area (Å²) in [5.41, 5.74) is 0. The van der Waals surface area contributed by atoms with Gasteiger partial charge in [-0.25, -0.2) is 0 Å². The van der Waals surface area contributed by atoms with Gasteiger partial charge in [-0.3, -0.25) is 0 Å². The molecular weight excluding hydrogens is 276 g/mol. The van der Waals surface area contributed by atoms with E-state index in [9.17, 15) is 0 Å². The maximum absolute atomic E-state index is 5.56. The summed E-state index contributed by atoms with van der Waals surface area (Å²) in [4.78, 5) is 0. The smallest absolute Gasteiger partial charge is 0.0701 e. The number of hydrogen-bond donors (Lipinski definition) is 0. The van der Waals surface area contributed by atoms with Gasteiger partial charge in [0, 0.05) is 13.2 Å². The lowest BCUT2D eigenvalue weighted by molar-refractivity contribution is 0.0132. The summed E-state index contributed by atoms with van der Waals surface area (Å²) in [7, 11) is 0. The molecule has 0 aromatic rings. The molecule has 0 N–H and O–H groups in total. The van der Waals surface area contributed by atoms with Gasteiger partial charge in [-0.1, -0.05) is 71.6 Å². The molecule has 0 bridgehead atoms. The molecule has 0 saturated carbocycles. The van der Waals surface area contributed by atoms with Crippen LogP contribution < -0.4 is 0 Å². The third kappa shape index (κ3) is 19.9.